The minimum atomic E-state index is -4.16. The maximum Gasteiger partial charge on any atom is 0.337 e. The summed E-state index contributed by atoms with van der Waals surface area (Å²) >= 11 is 9.48. The van der Waals surface area contributed by atoms with E-state index in [1.54, 1.807) is 24.3 Å². The zero-order chi connectivity index (χ0) is 25.8. The number of methoxy groups -OCH3 is 2. The number of nitrogens with one attached hydrogen (secondary N) is 1. The first-order valence-corrected chi connectivity index (χ1v) is 12.8. The van der Waals surface area contributed by atoms with Crippen molar-refractivity contribution in [1.82, 2.24) is 0 Å². The van der Waals surface area contributed by atoms with E-state index < -0.39 is 28.4 Å². The van der Waals surface area contributed by atoms with Gasteiger partial charge in [0, 0.05) is 0 Å². The summed E-state index contributed by atoms with van der Waals surface area (Å²) in [7, 11) is -1.45. The number of nitrogens with zero attached hydrogens (tertiary/aromatic N) is 1. The fourth-order valence-electron chi connectivity index (χ4n) is 3.15. The first-order valence-electron chi connectivity index (χ1n) is 10.2. The molecule has 0 aliphatic carbocycles. The van der Waals surface area contributed by atoms with Crippen LogP contribution in [0.4, 0.5) is 11.4 Å². The first-order chi connectivity index (χ1) is 16.6. The predicted molar refractivity (Wildman–Crippen MR) is 138 cm³/mol. The van der Waals surface area contributed by atoms with Gasteiger partial charge in [0.1, 0.15) is 12.3 Å². The molecule has 0 bridgehead atoms. The number of anilines is 2. The van der Waals surface area contributed by atoms with Crippen LogP contribution in [0.5, 0.6) is 5.75 Å². The molecule has 0 saturated carbocycles. The highest BCUT2D eigenvalue weighted by molar-refractivity contribution is 9.10. The molecule has 0 saturated heterocycles. The number of aryl methyl sites for hydroxylation is 1. The van der Waals surface area contributed by atoms with Crippen LogP contribution in [0.25, 0.3) is 0 Å². The van der Waals surface area contributed by atoms with E-state index in [9.17, 15) is 18.0 Å². The number of amides is 1. The van der Waals surface area contributed by atoms with Gasteiger partial charge in [-0.1, -0.05) is 29.3 Å². The molecule has 35 heavy (non-hydrogen) atoms. The average Bonchev–Trinajstić information content (AvgIpc) is 2.84. The van der Waals surface area contributed by atoms with Gasteiger partial charge in [-0.25, -0.2) is 13.2 Å². The second-order valence-electron chi connectivity index (χ2n) is 7.38. The molecular formula is C24H22BrClN2O6S. The van der Waals surface area contributed by atoms with Crippen LogP contribution in [0.3, 0.4) is 0 Å². The topological polar surface area (TPSA) is 102 Å². The number of rotatable bonds is 8. The van der Waals surface area contributed by atoms with Crippen LogP contribution < -0.4 is 14.4 Å². The molecule has 3 rings (SSSR count). The molecule has 8 nitrogen and oxygen atoms in total. The van der Waals surface area contributed by atoms with Gasteiger partial charge in [-0.15, -0.1) is 0 Å². The summed E-state index contributed by atoms with van der Waals surface area (Å²) in [6.07, 6.45) is 0. The highest BCUT2D eigenvalue weighted by Crippen LogP contribution is 2.31. The SMILES string of the molecule is COC(=O)c1ccc(Cl)c(NC(=O)CN(c2ccc(C)cc2)S(=O)(=O)c2ccc(OC)c(Br)c2)c1. The van der Waals surface area contributed by atoms with Crippen molar-refractivity contribution < 1.29 is 27.5 Å². The van der Waals surface area contributed by atoms with Crippen molar-refractivity contribution in [2.75, 3.05) is 30.4 Å². The van der Waals surface area contributed by atoms with Crippen LogP contribution in [-0.4, -0.2) is 41.1 Å². The molecule has 0 aliphatic rings. The van der Waals surface area contributed by atoms with Crippen molar-refractivity contribution in [3.05, 3.63) is 81.3 Å². The van der Waals surface area contributed by atoms with Crippen molar-refractivity contribution in [2.45, 2.75) is 11.8 Å². The smallest absolute Gasteiger partial charge is 0.337 e. The standard InChI is InChI=1S/C24H22BrClN2O6S/c1-15-4-7-17(8-5-15)28(35(31,32)18-9-11-22(33-2)19(25)13-18)14-23(29)27-21-12-16(24(30)34-3)6-10-20(21)26/h4-13H,14H2,1-3H3,(H,27,29). The molecular weight excluding hydrogens is 560 g/mol. The zero-order valence-corrected chi connectivity index (χ0v) is 22.2. The van der Waals surface area contributed by atoms with Gasteiger partial charge in [-0.05, 0) is 71.4 Å². The summed E-state index contributed by atoms with van der Waals surface area (Å²) in [5, 5.41) is 2.76. The highest BCUT2D eigenvalue weighted by atomic mass is 79.9. The monoisotopic (exact) mass is 580 g/mol. The maximum atomic E-state index is 13.6. The van der Waals surface area contributed by atoms with Crippen molar-refractivity contribution >= 4 is 60.8 Å². The Morgan fingerprint density at radius 1 is 1.03 bits per heavy atom. The molecule has 0 atom stereocenters. The van der Waals surface area contributed by atoms with Crippen LogP contribution in [0.1, 0.15) is 15.9 Å². The lowest BCUT2D eigenvalue weighted by Gasteiger charge is -2.24. The van der Waals surface area contributed by atoms with E-state index in [2.05, 4.69) is 21.2 Å². The molecule has 0 fully saturated rings. The lowest BCUT2D eigenvalue weighted by atomic mass is 10.2. The third-order valence-corrected chi connectivity index (χ3v) is 7.70. The van der Waals surface area contributed by atoms with Crippen LogP contribution in [0, 0.1) is 6.92 Å². The molecule has 0 aromatic heterocycles. The molecule has 0 heterocycles. The Labute approximate surface area is 217 Å². The van der Waals surface area contributed by atoms with Crippen LogP contribution in [0.15, 0.2) is 70.0 Å². The van der Waals surface area contributed by atoms with Gasteiger partial charge in [0.15, 0.2) is 0 Å². The lowest BCUT2D eigenvalue weighted by molar-refractivity contribution is -0.114. The van der Waals surface area contributed by atoms with Crippen molar-refractivity contribution in [3.63, 3.8) is 0 Å². The van der Waals surface area contributed by atoms with E-state index in [1.807, 2.05) is 6.92 Å². The fraction of sp³-hybridized carbons (Fsp3) is 0.167. The average molecular weight is 582 g/mol. The Hall–Kier alpha value is -3.08. The van der Waals surface area contributed by atoms with Gasteiger partial charge in [-0.2, -0.15) is 0 Å². The molecule has 1 amide bonds. The number of benzene rings is 3. The van der Waals surface area contributed by atoms with Gasteiger partial charge in [0.25, 0.3) is 10.0 Å². The summed E-state index contributed by atoms with van der Waals surface area (Å²) in [5.74, 6) is -0.805. The van der Waals surface area contributed by atoms with E-state index in [-0.39, 0.29) is 21.2 Å². The number of esters is 1. The van der Waals surface area contributed by atoms with E-state index in [0.29, 0.717) is 15.9 Å². The Bertz CT molecular complexity index is 1360. The van der Waals surface area contributed by atoms with Crippen molar-refractivity contribution in [2.24, 2.45) is 0 Å². The van der Waals surface area contributed by atoms with E-state index >= 15 is 0 Å². The summed E-state index contributed by atoms with van der Waals surface area (Å²) in [6.45, 7) is 1.32. The van der Waals surface area contributed by atoms with E-state index in [1.165, 1.54) is 50.6 Å². The Morgan fingerprint density at radius 2 is 1.71 bits per heavy atom. The molecule has 3 aromatic carbocycles. The van der Waals surface area contributed by atoms with Crippen molar-refractivity contribution in [3.8, 4) is 5.75 Å². The van der Waals surface area contributed by atoms with Gasteiger partial charge >= 0.3 is 5.97 Å². The second-order valence-corrected chi connectivity index (χ2v) is 10.5. The summed E-state index contributed by atoms with van der Waals surface area (Å²) < 4.78 is 38.5. The van der Waals surface area contributed by atoms with Gasteiger partial charge in [-0.3, -0.25) is 9.10 Å². The third kappa shape index (κ3) is 6.14. The van der Waals surface area contributed by atoms with Gasteiger partial charge < -0.3 is 14.8 Å². The first kappa shape index (κ1) is 26.5. The fourth-order valence-corrected chi connectivity index (χ4v) is 5.45. The minimum Gasteiger partial charge on any atom is -0.496 e. The number of hydrogen-bond donors (Lipinski definition) is 1. The number of carbonyl (C=O) groups is 2. The number of hydrogen-bond acceptors (Lipinski definition) is 6. The molecule has 0 spiro atoms. The quantitative estimate of drug-likeness (QED) is 0.374. The van der Waals surface area contributed by atoms with Crippen molar-refractivity contribution in [1.29, 1.82) is 0 Å². The molecule has 0 radical (unpaired) electrons. The minimum absolute atomic E-state index is 0.0377. The molecule has 0 aliphatic heterocycles. The second kappa shape index (κ2) is 11.1. The van der Waals surface area contributed by atoms with E-state index in [4.69, 9.17) is 21.1 Å². The van der Waals surface area contributed by atoms with Gasteiger partial charge in [0.2, 0.25) is 5.91 Å². The molecule has 0 unspecified atom stereocenters. The molecule has 3 aromatic rings. The molecule has 11 heteroatoms. The maximum absolute atomic E-state index is 13.6. The summed E-state index contributed by atoms with van der Waals surface area (Å²) in [5.41, 5.74) is 1.55. The zero-order valence-electron chi connectivity index (χ0n) is 19.0. The Kier molecular flexibility index (Phi) is 8.42. The van der Waals surface area contributed by atoms with Gasteiger partial charge in [0.05, 0.1) is 45.5 Å². The van der Waals surface area contributed by atoms with E-state index in [0.717, 1.165) is 9.87 Å². The number of ether oxygens (including phenoxy) is 2. The Morgan fingerprint density at radius 3 is 2.31 bits per heavy atom. The Balaban J connectivity index is 1.97. The lowest BCUT2D eigenvalue weighted by Crippen LogP contribution is -2.38. The van der Waals surface area contributed by atoms with Crippen LogP contribution >= 0.6 is 27.5 Å². The largest absolute Gasteiger partial charge is 0.496 e. The third-order valence-electron chi connectivity index (χ3n) is 4.98. The summed E-state index contributed by atoms with van der Waals surface area (Å²) in [6, 6.07) is 15.3. The number of halogens is 2. The molecule has 184 valence electrons. The summed E-state index contributed by atoms with van der Waals surface area (Å²) in [4.78, 5) is 24.8. The number of carbonyl (C=O) groups excluding carboxylic acids is 2. The van der Waals surface area contributed by atoms with Crippen LogP contribution in [0.2, 0.25) is 5.02 Å². The highest BCUT2D eigenvalue weighted by Gasteiger charge is 2.28. The normalized spacial score (nSPS) is 11.0. The van der Waals surface area contributed by atoms with Crippen LogP contribution in [-0.2, 0) is 19.6 Å². The predicted octanol–water partition coefficient (Wildman–Crippen LogP) is 5.04. The molecule has 1 N–H and O–H groups in total. The number of sulfonamides is 1.